The van der Waals surface area contributed by atoms with E-state index in [0.717, 1.165) is 0 Å². The Hall–Kier alpha value is -2.73. The van der Waals surface area contributed by atoms with Crippen LogP contribution >= 0.6 is 0 Å². The highest BCUT2D eigenvalue weighted by Crippen LogP contribution is 2.36. The van der Waals surface area contributed by atoms with Crippen molar-refractivity contribution in [3.05, 3.63) is 53.6 Å². The lowest BCUT2D eigenvalue weighted by molar-refractivity contribution is -0.163. The Kier molecular flexibility index (Phi) is 5.88. The summed E-state index contributed by atoms with van der Waals surface area (Å²) in [5.41, 5.74) is -0.892. The molecule has 0 bridgehead atoms. The number of methoxy groups -OCH3 is 4. The van der Waals surface area contributed by atoms with Gasteiger partial charge in [-0.2, -0.15) is 0 Å². The molecule has 0 saturated carbocycles. The number of aliphatic hydroxyl groups is 1. The average Bonchev–Trinajstić information content (AvgIpc) is 2.66. The van der Waals surface area contributed by atoms with Crippen LogP contribution in [-0.4, -0.2) is 39.5 Å². The van der Waals surface area contributed by atoms with Crippen LogP contribution in [-0.2, 0) is 21.6 Å². The molecule has 0 radical (unpaired) electrons. The lowest BCUT2D eigenvalue weighted by Gasteiger charge is -2.27. The lowest BCUT2D eigenvalue weighted by Crippen LogP contribution is -2.39. The second-order valence-electron chi connectivity index (χ2n) is 5.42. The van der Waals surface area contributed by atoms with Crippen molar-refractivity contribution in [2.45, 2.75) is 12.0 Å². The van der Waals surface area contributed by atoms with E-state index in [4.69, 9.17) is 18.9 Å². The summed E-state index contributed by atoms with van der Waals surface area (Å²) in [6, 6.07) is 12.0. The molecule has 6 nitrogen and oxygen atoms in total. The summed E-state index contributed by atoms with van der Waals surface area (Å²) >= 11 is 0. The summed E-state index contributed by atoms with van der Waals surface area (Å²) < 4.78 is 20.6. The van der Waals surface area contributed by atoms with Crippen molar-refractivity contribution >= 4 is 5.97 Å². The van der Waals surface area contributed by atoms with Gasteiger partial charge in [-0.25, -0.2) is 4.79 Å². The van der Waals surface area contributed by atoms with E-state index >= 15 is 0 Å². The Morgan fingerprint density at radius 3 is 2.16 bits per heavy atom. The van der Waals surface area contributed by atoms with Crippen molar-refractivity contribution in [3.8, 4) is 17.2 Å². The first-order valence-corrected chi connectivity index (χ1v) is 7.65. The van der Waals surface area contributed by atoms with Gasteiger partial charge in [0, 0.05) is 12.0 Å². The van der Waals surface area contributed by atoms with E-state index in [-0.39, 0.29) is 6.42 Å². The van der Waals surface area contributed by atoms with Gasteiger partial charge in [-0.3, -0.25) is 0 Å². The number of ether oxygens (including phenoxy) is 4. The zero-order valence-electron chi connectivity index (χ0n) is 14.7. The average molecular weight is 346 g/mol. The van der Waals surface area contributed by atoms with E-state index in [1.807, 2.05) is 0 Å². The Morgan fingerprint density at radius 1 is 0.920 bits per heavy atom. The van der Waals surface area contributed by atoms with Gasteiger partial charge in [-0.05, 0) is 23.8 Å². The summed E-state index contributed by atoms with van der Waals surface area (Å²) in [6.07, 6.45) is -0.0135. The highest BCUT2D eigenvalue weighted by atomic mass is 16.5. The standard InChI is InChI=1S/C19H22O6/c1-22-15-8-6-5-7-14(15)19(21,18(20)25-4)12-13-9-10-16(23-2)17(11-13)24-3/h5-11,21H,12H2,1-4H3. The minimum Gasteiger partial charge on any atom is -0.496 e. The van der Waals surface area contributed by atoms with Gasteiger partial charge in [0.2, 0.25) is 0 Å². The number of para-hydroxylation sites is 1. The molecule has 2 aromatic carbocycles. The van der Waals surface area contributed by atoms with Gasteiger partial charge in [0.05, 0.1) is 28.4 Å². The van der Waals surface area contributed by atoms with Crippen molar-refractivity contribution in [2.75, 3.05) is 28.4 Å². The normalized spacial score (nSPS) is 12.8. The molecule has 0 fully saturated rings. The third-order valence-corrected chi connectivity index (χ3v) is 3.98. The van der Waals surface area contributed by atoms with Gasteiger partial charge < -0.3 is 24.1 Å². The number of hydrogen-bond donors (Lipinski definition) is 1. The SMILES string of the molecule is COC(=O)C(O)(Cc1ccc(OC)c(OC)c1)c1ccccc1OC. The molecule has 0 aliphatic carbocycles. The van der Waals surface area contributed by atoms with Crippen molar-refractivity contribution in [3.63, 3.8) is 0 Å². The molecule has 1 N–H and O–H groups in total. The topological polar surface area (TPSA) is 74.2 Å². The summed E-state index contributed by atoms with van der Waals surface area (Å²) in [5, 5.41) is 11.2. The molecule has 0 heterocycles. The molecule has 0 amide bonds. The maximum absolute atomic E-state index is 12.4. The van der Waals surface area contributed by atoms with Crippen LogP contribution in [0, 0.1) is 0 Å². The number of carbonyl (C=O) groups is 1. The predicted molar refractivity (Wildman–Crippen MR) is 92.2 cm³/mol. The molecular weight excluding hydrogens is 324 g/mol. The van der Waals surface area contributed by atoms with Crippen molar-refractivity contribution in [1.82, 2.24) is 0 Å². The van der Waals surface area contributed by atoms with Gasteiger partial charge in [0.1, 0.15) is 5.75 Å². The monoisotopic (exact) mass is 346 g/mol. The first-order valence-electron chi connectivity index (χ1n) is 7.65. The molecule has 134 valence electrons. The Labute approximate surface area is 146 Å². The first-order chi connectivity index (χ1) is 12.0. The summed E-state index contributed by atoms with van der Waals surface area (Å²) in [5.74, 6) is 0.694. The van der Waals surface area contributed by atoms with Crippen LogP contribution in [0.25, 0.3) is 0 Å². The maximum atomic E-state index is 12.4. The molecule has 6 heteroatoms. The van der Waals surface area contributed by atoms with E-state index in [9.17, 15) is 9.90 Å². The van der Waals surface area contributed by atoms with Crippen LogP contribution in [0.3, 0.4) is 0 Å². The number of rotatable bonds is 7. The second kappa shape index (κ2) is 7.90. The third-order valence-electron chi connectivity index (χ3n) is 3.98. The van der Waals surface area contributed by atoms with Gasteiger partial charge in [0.25, 0.3) is 0 Å². The van der Waals surface area contributed by atoms with Crippen molar-refractivity contribution in [1.29, 1.82) is 0 Å². The molecule has 2 aromatic rings. The van der Waals surface area contributed by atoms with Crippen LogP contribution < -0.4 is 14.2 Å². The third kappa shape index (κ3) is 3.69. The zero-order valence-corrected chi connectivity index (χ0v) is 14.7. The molecule has 2 rings (SSSR count). The maximum Gasteiger partial charge on any atom is 0.343 e. The fourth-order valence-electron chi connectivity index (χ4n) is 2.72. The van der Waals surface area contributed by atoms with Crippen LogP contribution in [0.1, 0.15) is 11.1 Å². The fourth-order valence-corrected chi connectivity index (χ4v) is 2.72. The Morgan fingerprint density at radius 2 is 1.56 bits per heavy atom. The smallest absolute Gasteiger partial charge is 0.343 e. The van der Waals surface area contributed by atoms with Crippen molar-refractivity contribution in [2.24, 2.45) is 0 Å². The van der Waals surface area contributed by atoms with E-state index in [2.05, 4.69) is 0 Å². The molecular formula is C19H22O6. The number of carbonyl (C=O) groups excluding carboxylic acids is 1. The van der Waals surface area contributed by atoms with E-state index in [1.54, 1.807) is 42.5 Å². The Bertz CT molecular complexity index is 742. The molecule has 0 aromatic heterocycles. The molecule has 1 atom stereocenters. The Balaban J connectivity index is 2.50. The van der Waals surface area contributed by atoms with Crippen molar-refractivity contribution < 1.29 is 28.8 Å². The second-order valence-corrected chi connectivity index (χ2v) is 5.42. The van der Waals surface area contributed by atoms with Gasteiger partial charge >= 0.3 is 5.97 Å². The van der Waals surface area contributed by atoms with Gasteiger partial charge in [-0.1, -0.05) is 24.3 Å². The fraction of sp³-hybridized carbons (Fsp3) is 0.316. The highest BCUT2D eigenvalue weighted by molar-refractivity contribution is 5.82. The molecule has 1 unspecified atom stereocenters. The van der Waals surface area contributed by atoms with Crippen LogP contribution in [0.5, 0.6) is 17.2 Å². The predicted octanol–water partition coefficient (Wildman–Crippen LogP) is 2.32. The lowest BCUT2D eigenvalue weighted by atomic mass is 9.86. The number of benzene rings is 2. The molecule has 0 saturated heterocycles. The number of esters is 1. The highest BCUT2D eigenvalue weighted by Gasteiger charge is 2.41. The molecule has 0 aliphatic heterocycles. The van der Waals surface area contributed by atoms with E-state index in [1.165, 1.54) is 28.4 Å². The first kappa shape index (κ1) is 18.6. The minimum atomic E-state index is -1.90. The van der Waals surface area contributed by atoms with Crippen LogP contribution in [0.2, 0.25) is 0 Å². The molecule has 0 spiro atoms. The van der Waals surface area contributed by atoms with E-state index in [0.29, 0.717) is 28.4 Å². The van der Waals surface area contributed by atoms with Crippen LogP contribution in [0.15, 0.2) is 42.5 Å². The minimum absolute atomic E-state index is 0.0135. The summed E-state index contributed by atoms with van der Waals surface area (Å²) in [4.78, 5) is 12.4. The van der Waals surface area contributed by atoms with E-state index < -0.39 is 11.6 Å². The largest absolute Gasteiger partial charge is 0.496 e. The quantitative estimate of drug-likeness (QED) is 0.776. The molecule has 25 heavy (non-hydrogen) atoms. The summed E-state index contributed by atoms with van der Waals surface area (Å²) in [7, 11) is 5.77. The summed E-state index contributed by atoms with van der Waals surface area (Å²) in [6.45, 7) is 0. The van der Waals surface area contributed by atoms with Crippen LogP contribution in [0.4, 0.5) is 0 Å². The number of hydrogen-bond acceptors (Lipinski definition) is 6. The zero-order chi connectivity index (χ0) is 18.4. The van der Waals surface area contributed by atoms with Gasteiger partial charge in [-0.15, -0.1) is 0 Å². The molecule has 0 aliphatic rings. The van der Waals surface area contributed by atoms with Gasteiger partial charge in [0.15, 0.2) is 17.1 Å².